The molecule has 1 aliphatic heterocycles. The molecule has 1 aliphatic carbocycles. The summed E-state index contributed by atoms with van der Waals surface area (Å²) in [7, 11) is 0. The third-order valence-corrected chi connectivity index (χ3v) is 7.44. The maximum Gasteiger partial charge on any atom is 0.213 e. The Morgan fingerprint density at radius 3 is 2.74 bits per heavy atom. The first-order valence-electron chi connectivity index (χ1n) is 13.2. The van der Waals surface area contributed by atoms with E-state index in [0.717, 1.165) is 66.6 Å². The molecule has 2 N–H and O–H groups in total. The lowest BCUT2D eigenvalue weighted by atomic mass is 9.79. The zero-order valence-electron chi connectivity index (χ0n) is 21.2. The standard InChI is InChI=1S/C29H29F2N7/c1-17-13-21(10-12-33-17)35-29-27-22(18-3-2-4-18)15-32-16-25(27)37-28(38-29)19-9-11-34-20(14-19)5-7-24-23(30)6-8-26(31)36-24/h5-9,11,14-18,21,33H,2-4,10,12-13H2,1H3,(H,35,37,38). The number of rotatable bonds is 6. The van der Waals surface area contributed by atoms with Gasteiger partial charge in [0.15, 0.2) is 5.82 Å². The van der Waals surface area contributed by atoms with E-state index in [2.05, 4.69) is 32.5 Å². The summed E-state index contributed by atoms with van der Waals surface area (Å²) in [5, 5.41) is 8.32. The molecule has 1 saturated heterocycles. The molecule has 0 amide bonds. The normalized spacial score (nSPS) is 20.1. The second-order valence-electron chi connectivity index (χ2n) is 10.2. The molecule has 5 heterocycles. The van der Waals surface area contributed by atoms with Gasteiger partial charge in [-0.15, -0.1) is 0 Å². The van der Waals surface area contributed by atoms with E-state index in [1.165, 1.54) is 18.1 Å². The van der Waals surface area contributed by atoms with Gasteiger partial charge >= 0.3 is 0 Å². The van der Waals surface area contributed by atoms with E-state index in [-0.39, 0.29) is 5.69 Å². The van der Waals surface area contributed by atoms with Crippen molar-refractivity contribution in [2.24, 2.45) is 0 Å². The Balaban J connectivity index is 1.39. The lowest BCUT2D eigenvalue weighted by Gasteiger charge is -2.31. The molecule has 0 radical (unpaired) electrons. The molecule has 4 aromatic rings. The van der Waals surface area contributed by atoms with Gasteiger partial charge in [0.1, 0.15) is 17.3 Å². The minimum atomic E-state index is -0.740. The van der Waals surface area contributed by atoms with Crippen LogP contribution in [0.15, 0.2) is 42.9 Å². The van der Waals surface area contributed by atoms with Gasteiger partial charge < -0.3 is 10.6 Å². The molecule has 2 fully saturated rings. The van der Waals surface area contributed by atoms with Gasteiger partial charge in [0.2, 0.25) is 5.95 Å². The van der Waals surface area contributed by atoms with Gasteiger partial charge in [0.25, 0.3) is 0 Å². The van der Waals surface area contributed by atoms with Crippen LogP contribution < -0.4 is 10.6 Å². The van der Waals surface area contributed by atoms with E-state index in [1.54, 1.807) is 18.5 Å². The zero-order valence-corrected chi connectivity index (χ0v) is 21.2. The van der Waals surface area contributed by atoms with Gasteiger partial charge in [-0.2, -0.15) is 4.39 Å². The highest BCUT2D eigenvalue weighted by Gasteiger charge is 2.26. The molecular formula is C29H29F2N7. The second kappa shape index (κ2) is 10.5. The zero-order chi connectivity index (χ0) is 26.1. The van der Waals surface area contributed by atoms with Gasteiger partial charge in [-0.05, 0) is 87.1 Å². The Labute approximate surface area is 219 Å². The number of hydrogen-bond donors (Lipinski definition) is 2. The Hall–Kier alpha value is -3.85. The summed E-state index contributed by atoms with van der Waals surface area (Å²) in [6.07, 6.45) is 14.0. The molecule has 38 heavy (non-hydrogen) atoms. The molecule has 194 valence electrons. The van der Waals surface area contributed by atoms with Crippen LogP contribution in [0.4, 0.5) is 14.6 Å². The van der Waals surface area contributed by atoms with Crippen molar-refractivity contribution in [3.8, 4) is 11.4 Å². The highest BCUT2D eigenvalue weighted by Crippen LogP contribution is 2.41. The molecular weight excluding hydrogens is 484 g/mol. The van der Waals surface area contributed by atoms with Crippen LogP contribution in [0.5, 0.6) is 0 Å². The number of piperidine rings is 1. The average Bonchev–Trinajstić information content (AvgIpc) is 2.88. The molecule has 7 nitrogen and oxygen atoms in total. The fraction of sp³-hybridized carbons (Fsp3) is 0.345. The highest BCUT2D eigenvalue weighted by atomic mass is 19.1. The quantitative estimate of drug-likeness (QED) is 0.317. The predicted molar refractivity (Wildman–Crippen MR) is 144 cm³/mol. The average molecular weight is 514 g/mol. The van der Waals surface area contributed by atoms with Crippen molar-refractivity contribution in [2.45, 2.75) is 57.0 Å². The molecule has 6 rings (SSSR count). The van der Waals surface area contributed by atoms with E-state index >= 15 is 0 Å². The summed E-state index contributed by atoms with van der Waals surface area (Å²) in [5.41, 5.74) is 3.26. The maximum absolute atomic E-state index is 14.0. The van der Waals surface area contributed by atoms with Crippen LogP contribution in [0, 0.1) is 11.8 Å². The van der Waals surface area contributed by atoms with Crippen LogP contribution in [-0.2, 0) is 0 Å². The number of nitrogens with zero attached hydrogens (tertiary/aromatic N) is 5. The third kappa shape index (κ3) is 5.11. The lowest BCUT2D eigenvalue weighted by molar-refractivity contribution is 0.396. The summed E-state index contributed by atoms with van der Waals surface area (Å²) in [5.74, 6) is 0.544. The predicted octanol–water partition coefficient (Wildman–Crippen LogP) is 5.75. The summed E-state index contributed by atoms with van der Waals surface area (Å²) in [6, 6.07) is 6.47. The maximum atomic E-state index is 14.0. The van der Waals surface area contributed by atoms with Crippen LogP contribution in [0.3, 0.4) is 0 Å². The summed E-state index contributed by atoms with van der Waals surface area (Å²) >= 11 is 0. The molecule has 1 saturated carbocycles. The fourth-order valence-corrected chi connectivity index (χ4v) is 5.22. The van der Waals surface area contributed by atoms with Crippen molar-refractivity contribution in [3.63, 3.8) is 0 Å². The van der Waals surface area contributed by atoms with E-state index in [4.69, 9.17) is 9.97 Å². The Bertz CT molecular complexity index is 1500. The van der Waals surface area contributed by atoms with E-state index < -0.39 is 11.8 Å². The number of aromatic nitrogens is 5. The number of hydrogen-bond acceptors (Lipinski definition) is 7. The van der Waals surface area contributed by atoms with Gasteiger partial charge in [0.05, 0.1) is 17.4 Å². The molecule has 0 bridgehead atoms. The third-order valence-electron chi connectivity index (χ3n) is 7.44. The largest absolute Gasteiger partial charge is 0.367 e. The van der Waals surface area contributed by atoms with Crippen LogP contribution >= 0.6 is 0 Å². The van der Waals surface area contributed by atoms with Crippen molar-refractivity contribution in [2.75, 3.05) is 11.9 Å². The molecule has 0 aromatic carbocycles. The minimum absolute atomic E-state index is 0.0866. The first-order valence-corrected chi connectivity index (χ1v) is 13.2. The number of halogens is 2. The van der Waals surface area contributed by atoms with Crippen LogP contribution in [-0.4, -0.2) is 43.5 Å². The van der Waals surface area contributed by atoms with E-state index in [0.29, 0.717) is 29.5 Å². The number of anilines is 1. The van der Waals surface area contributed by atoms with Gasteiger partial charge in [-0.1, -0.05) is 6.42 Å². The first kappa shape index (κ1) is 24.5. The Morgan fingerprint density at radius 1 is 1.03 bits per heavy atom. The monoisotopic (exact) mass is 513 g/mol. The second-order valence-corrected chi connectivity index (χ2v) is 10.2. The fourth-order valence-electron chi connectivity index (χ4n) is 5.22. The molecule has 9 heteroatoms. The van der Waals surface area contributed by atoms with E-state index in [9.17, 15) is 8.78 Å². The Kier molecular flexibility index (Phi) is 6.76. The number of fused-ring (bicyclic) bond motifs is 1. The highest BCUT2D eigenvalue weighted by molar-refractivity contribution is 5.93. The van der Waals surface area contributed by atoms with Gasteiger partial charge in [0, 0.05) is 35.4 Å². The van der Waals surface area contributed by atoms with Crippen LogP contribution in [0.25, 0.3) is 34.4 Å². The number of pyridine rings is 3. The molecule has 2 unspecified atom stereocenters. The number of nitrogens with one attached hydrogen (secondary N) is 2. The lowest BCUT2D eigenvalue weighted by Crippen LogP contribution is -2.41. The summed E-state index contributed by atoms with van der Waals surface area (Å²) in [6.45, 7) is 3.17. The van der Waals surface area contributed by atoms with Gasteiger partial charge in [-0.3, -0.25) is 9.97 Å². The molecule has 0 spiro atoms. The van der Waals surface area contributed by atoms with Crippen molar-refractivity contribution < 1.29 is 8.78 Å². The van der Waals surface area contributed by atoms with Crippen LogP contribution in [0.2, 0.25) is 0 Å². The smallest absolute Gasteiger partial charge is 0.213 e. The van der Waals surface area contributed by atoms with E-state index in [1.807, 2.05) is 18.3 Å². The van der Waals surface area contributed by atoms with Crippen molar-refractivity contribution in [3.05, 3.63) is 71.6 Å². The molecule has 4 aromatic heterocycles. The van der Waals surface area contributed by atoms with Crippen molar-refractivity contribution in [1.29, 1.82) is 0 Å². The SMILES string of the molecule is CC1CC(Nc2nc(-c3ccnc(C=Cc4nc(F)ccc4F)c3)nc3cncc(C4CCC4)c23)CCN1. The van der Waals surface area contributed by atoms with Crippen molar-refractivity contribution >= 4 is 28.9 Å². The summed E-state index contributed by atoms with van der Waals surface area (Å²) in [4.78, 5) is 22.4. The van der Waals surface area contributed by atoms with Crippen molar-refractivity contribution in [1.82, 2.24) is 30.2 Å². The first-order chi connectivity index (χ1) is 18.5. The Morgan fingerprint density at radius 2 is 1.92 bits per heavy atom. The topological polar surface area (TPSA) is 88.5 Å². The minimum Gasteiger partial charge on any atom is -0.367 e. The van der Waals surface area contributed by atoms with Gasteiger partial charge in [-0.25, -0.2) is 19.3 Å². The summed E-state index contributed by atoms with van der Waals surface area (Å²) < 4.78 is 27.5. The molecule has 2 atom stereocenters. The molecule has 2 aliphatic rings. The van der Waals surface area contributed by atoms with Crippen LogP contribution in [0.1, 0.15) is 61.9 Å².